The highest BCUT2D eigenvalue weighted by Gasteiger charge is 2.37. The quantitative estimate of drug-likeness (QED) is 0.714. The van der Waals surface area contributed by atoms with Gasteiger partial charge in [0.2, 0.25) is 0 Å². The van der Waals surface area contributed by atoms with Crippen LogP contribution in [0.2, 0.25) is 0 Å². The van der Waals surface area contributed by atoms with Crippen LogP contribution < -0.4 is 9.03 Å². The highest BCUT2D eigenvalue weighted by Crippen LogP contribution is 2.39. The van der Waals surface area contributed by atoms with E-state index >= 15 is 0 Å². The van der Waals surface area contributed by atoms with Gasteiger partial charge in [0.05, 0.1) is 0 Å². The fraction of sp³-hybridized carbons (Fsp3) is 0.0833. The van der Waals surface area contributed by atoms with E-state index in [2.05, 4.69) is 0 Å². The first-order chi connectivity index (χ1) is 9.79. The monoisotopic (exact) mass is 312 g/mol. The molecule has 21 heavy (non-hydrogen) atoms. The van der Waals surface area contributed by atoms with Gasteiger partial charge in [-0.1, -0.05) is 6.07 Å². The Morgan fingerprint density at radius 3 is 2.57 bits per heavy atom. The third-order valence-electron chi connectivity index (χ3n) is 3.09. The van der Waals surface area contributed by atoms with E-state index in [4.69, 9.17) is 0 Å². The first-order valence-electron chi connectivity index (χ1n) is 5.77. The molecule has 2 aromatic rings. The number of fused-ring (bicyclic) bond motifs is 1. The zero-order valence-corrected chi connectivity index (χ0v) is 11.2. The van der Waals surface area contributed by atoms with Crippen molar-refractivity contribution in [3.05, 3.63) is 30.1 Å². The summed E-state index contributed by atoms with van der Waals surface area (Å²) in [6.45, 7) is -0.628. The second-order valence-electron chi connectivity index (χ2n) is 4.50. The van der Waals surface area contributed by atoms with Crippen LogP contribution in [0.3, 0.4) is 0 Å². The van der Waals surface area contributed by atoms with Crippen molar-refractivity contribution in [1.29, 1.82) is 0 Å². The van der Waals surface area contributed by atoms with Crippen molar-refractivity contribution in [2.24, 2.45) is 0 Å². The third-order valence-corrected chi connectivity index (χ3v) is 4.46. The van der Waals surface area contributed by atoms with Crippen molar-refractivity contribution in [2.75, 3.05) is 10.8 Å². The van der Waals surface area contributed by atoms with E-state index in [0.717, 1.165) is 12.1 Å². The van der Waals surface area contributed by atoms with Crippen LogP contribution in [-0.2, 0) is 15.0 Å². The minimum Gasteiger partial charge on any atom is -0.508 e. The van der Waals surface area contributed by atoms with Gasteiger partial charge < -0.3 is 10.2 Å². The molecule has 1 fully saturated rings. The molecule has 1 aliphatic rings. The molecule has 0 radical (unpaired) electrons. The maximum absolute atomic E-state index is 14.5. The molecule has 9 heteroatoms. The minimum absolute atomic E-state index is 0.0719. The Balaban J connectivity index is 2.31. The Morgan fingerprint density at radius 2 is 1.95 bits per heavy atom. The number of rotatable bonds is 1. The first-order valence-corrected chi connectivity index (χ1v) is 7.21. The van der Waals surface area contributed by atoms with Crippen molar-refractivity contribution in [3.63, 3.8) is 0 Å². The zero-order chi connectivity index (χ0) is 15.4. The number of aromatic hydroxyl groups is 2. The highest BCUT2D eigenvalue weighted by atomic mass is 32.2. The Labute approximate surface area is 118 Å². The maximum Gasteiger partial charge on any atom is 0.326 e. The Hall–Kier alpha value is -2.55. The molecule has 3 rings (SSSR count). The highest BCUT2D eigenvalue weighted by molar-refractivity contribution is 7.92. The van der Waals surface area contributed by atoms with Gasteiger partial charge in [0.15, 0.2) is 5.82 Å². The number of benzene rings is 2. The average molecular weight is 312 g/mol. The lowest BCUT2D eigenvalue weighted by Gasteiger charge is -2.18. The zero-order valence-electron chi connectivity index (χ0n) is 10.4. The predicted molar refractivity (Wildman–Crippen MR) is 71.6 cm³/mol. The topological polar surface area (TPSA) is 107 Å². The predicted octanol–water partition coefficient (Wildman–Crippen LogP) is 0.571. The summed E-state index contributed by atoms with van der Waals surface area (Å²) in [5.74, 6) is -2.70. The number of carbonyl (C=O) groups excluding carboxylic acids is 1. The second kappa shape index (κ2) is 4.22. The summed E-state index contributed by atoms with van der Waals surface area (Å²) in [4.78, 5) is 11.2. The smallest absolute Gasteiger partial charge is 0.326 e. The summed E-state index contributed by atoms with van der Waals surface area (Å²) in [5, 5.41) is 19.5. The van der Waals surface area contributed by atoms with Gasteiger partial charge in [0, 0.05) is 5.39 Å². The number of hydrogen-bond donors (Lipinski definition) is 3. The molecule has 1 heterocycles. The molecule has 0 spiro atoms. The number of hydrogen-bond acceptors (Lipinski definition) is 5. The van der Waals surface area contributed by atoms with Crippen LogP contribution in [0.1, 0.15) is 0 Å². The lowest BCUT2D eigenvalue weighted by Crippen LogP contribution is -2.30. The van der Waals surface area contributed by atoms with Gasteiger partial charge in [-0.15, -0.1) is 0 Å². The van der Waals surface area contributed by atoms with Crippen molar-refractivity contribution >= 4 is 32.6 Å². The van der Waals surface area contributed by atoms with E-state index in [9.17, 15) is 27.8 Å². The summed E-state index contributed by atoms with van der Waals surface area (Å²) in [7, 11) is -4.24. The Kier molecular flexibility index (Phi) is 2.70. The molecule has 3 N–H and O–H groups in total. The largest absolute Gasteiger partial charge is 0.508 e. The van der Waals surface area contributed by atoms with E-state index in [0.29, 0.717) is 4.31 Å². The van der Waals surface area contributed by atoms with Crippen molar-refractivity contribution in [2.45, 2.75) is 0 Å². The molecule has 0 atom stereocenters. The summed E-state index contributed by atoms with van der Waals surface area (Å²) >= 11 is 0. The van der Waals surface area contributed by atoms with Gasteiger partial charge in [-0.2, -0.15) is 8.42 Å². The van der Waals surface area contributed by atoms with Gasteiger partial charge in [-0.25, -0.2) is 13.4 Å². The van der Waals surface area contributed by atoms with Gasteiger partial charge in [-0.3, -0.25) is 4.79 Å². The van der Waals surface area contributed by atoms with Crippen LogP contribution in [0.25, 0.3) is 10.8 Å². The minimum atomic E-state index is -4.24. The number of anilines is 1. The number of nitrogens with one attached hydrogen (secondary N) is 1. The molecular weight excluding hydrogens is 303 g/mol. The molecule has 2 aromatic carbocycles. The number of amides is 1. The van der Waals surface area contributed by atoms with E-state index < -0.39 is 39.9 Å². The van der Waals surface area contributed by atoms with Crippen LogP contribution in [-0.4, -0.2) is 31.1 Å². The van der Waals surface area contributed by atoms with Gasteiger partial charge in [0.25, 0.3) is 5.91 Å². The summed E-state index contributed by atoms with van der Waals surface area (Å²) < 4.78 is 40.1. The fourth-order valence-corrected chi connectivity index (χ4v) is 3.36. The SMILES string of the molecule is O=C1CN(c2c(O)cc3ccc(O)cc3c2F)S(=O)(=O)N1. The second-order valence-corrected chi connectivity index (χ2v) is 6.10. The molecule has 1 amide bonds. The fourth-order valence-electron chi connectivity index (χ4n) is 2.20. The van der Waals surface area contributed by atoms with Crippen molar-refractivity contribution in [3.8, 4) is 11.5 Å². The Morgan fingerprint density at radius 1 is 1.24 bits per heavy atom. The Bertz CT molecular complexity index is 881. The standard InChI is InChI=1S/C12H9FN2O5S/c13-11-8-4-7(16)2-1-6(8)3-9(17)12(11)15-5-10(18)14-21(15,19)20/h1-4,16-17H,5H2,(H,14,18). The lowest BCUT2D eigenvalue weighted by atomic mass is 10.1. The number of halogens is 1. The molecule has 0 bridgehead atoms. The third kappa shape index (κ3) is 2.02. The lowest BCUT2D eigenvalue weighted by molar-refractivity contribution is -0.117. The van der Waals surface area contributed by atoms with Crippen LogP contribution in [0.5, 0.6) is 11.5 Å². The van der Waals surface area contributed by atoms with Crippen molar-refractivity contribution < 1.29 is 27.8 Å². The van der Waals surface area contributed by atoms with Crippen LogP contribution >= 0.6 is 0 Å². The molecule has 0 aliphatic carbocycles. The maximum atomic E-state index is 14.5. The first kappa shape index (κ1) is 13.4. The molecule has 110 valence electrons. The molecular formula is C12H9FN2O5S. The molecule has 1 aliphatic heterocycles. The molecule has 1 saturated heterocycles. The number of nitrogens with zero attached hydrogens (tertiary/aromatic N) is 1. The van der Waals surface area contributed by atoms with Crippen LogP contribution in [0.15, 0.2) is 24.3 Å². The summed E-state index contributed by atoms with van der Waals surface area (Å²) in [6.07, 6.45) is 0. The normalized spacial score (nSPS) is 17.2. The van der Waals surface area contributed by atoms with Gasteiger partial charge in [-0.05, 0) is 23.6 Å². The van der Waals surface area contributed by atoms with E-state index in [1.165, 1.54) is 12.1 Å². The number of phenolic OH excluding ortho intramolecular Hbond substituents is 2. The van der Waals surface area contributed by atoms with E-state index in [1.54, 1.807) is 4.72 Å². The molecule has 0 unspecified atom stereocenters. The van der Waals surface area contributed by atoms with Crippen LogP contribution in [0, 0.1) is 5.82 Å². The molecule has 0 saturated carbocycles. The van der Waals surface area contributed by atoms with Gasteiger partial charge >= 0.3 is 10.2 Å². The summed E-state index contributed by atoms with van der Waals surface area (Å²) in [5.41, 5.74) is -0.633. The molecule has 7 nitrogen and oxygen atoms in total. The van der Waals surface area contributed by atoms with Crippen LogP contribution in [0.4, 0.5) is 10.1 Å². The average Bonchev–Trinajstić information content (AvgIpc) is 2.64. The molecule has 0 aromatic heterocycles. The van der Waals surface area contributed by atoms with E-state index in [1.807, 2.05) is 0 Å². The van der Waals surface area contributed by atoms with Gasteiger partial charge in [0.1, 0.15) is 23.7 Å². The number of carbonyl (C=O) groups is 1. The van der Waals surface area contributed by atoms with Crippen molar-refractivity contribution in [1.82, 2.24) is 4.72 Å². The van der Waals surface area contributed by atoms with E-state index in [-0.39, 0.29) is 16.5 Å². The summed E-state index contributed by atoms with van der Waals surface area (Å²) in [6, 6.07) is 4.94. The number of phenols is 2.